The first kappa shape index (κ1) is 66.3. The highest BCUT2D eigenvalue weighted by molar-refractivity contribution is 5.70. The molecule has 0 bridgehead atoms. The van der Waals surface area contributed by atoms with Crippen LogP contribution in [0.4, 0.5) is 0 Å². The van der Waals surface area contributed by atoms with Gasteiger partial charge >= 0.3 is 11.9 Å². The maximum atomic E-state index is 12.3. The van der Waals surface area contributed by atoms with Gasteiger partial charge in [0.05, 0.1) is 6.61 Å². The Bertz CT molecular complexity index is 1420. The number of aliphatic hydroxyl groups is 1. The summed E-state index contributed by atoms with van der Waals surface area (Å²) in [5.74, 6) is -0.600. The lowest BCUT2D eigenvalue weighted by molar-refractivity contribution is -0.161. The average molecular weight is 970 g/mol. The smallest absolute Gasteiger partial charge is 0.306 e. The number of carbonyl (C=O) groups excluding carboxylic acids is 2. The molecule has 0 aliphatic carbocycles. The third-order valence-corrected chi connectivity index (χ3v) is 12.3. The Morgan fingerprint density at radius 3 is 0.857 bits per heavy atom. The van der Waals surface area contributed by atoms with Gasteiger partial charge in [-0.1, -0.05) is 264 Å². The third kappa shape index (κ3) is 56.9. The Balaban J connectivity index is 3.51. The van der Waals surface area contributed by atoms with Gasteiger partial charge in [0.1, 0.15) is 6.61 Å². The molecule has 0 heterocycles. The van der Waals surface area contributed by atoms with Crippen molar-refractivity contribution in [2.45, 2.75) is 264 Å². The molecule has 0 spiro atoms. The highest BCUT2D eigenvalue weighted by Crippen LogP contribution is 2.16. The van der Waals surface area contributed by atoms with Gasteiger partial charge in [0, 0.05) is 12.8 Å². The summed E-state index contributed by atoms with van der Waals surface area (Å²) < 4.78 is 10.7. The molecule has 0 saturated carbocycles. The molecular formula is C65H108O5. The zero-order valence-electron chi connectivity index (χ0n) is 45.5. The van der Waals surface area contributed by atoms with Gasteiger partial charge < -0.3 is 14.6 Å². The van der Waals surface area contributed by atoms with E-state index in [2.05, 4.69) is 135 Å². The van der Waals surface area contributed by atoms with Gasteiger partial charge in [-0.3, -0.25) is 9.59 Å². The number of carbonyl (C=O) groups is 2. The highest BCUT2D eigenvalue weighted by atomic mass is 16.6. The fourth-order valence-electron chi connectivity index (χ4n) is 7.96. The van der Waals surface area contributed by atoms with Gasteiger partial charge in [-0.25, -0.2) is 0 Å². The number of unbranched alkanes of at least 4 members (excludes halogenated alkanes) is 24. The lowest BCUT2D eigenvalue weighted by Crippen LogP contribution is -2.28. The van der Waals surface area contributed by atoms with Crippen LogP contribution >= 0.6 is 0 Å². The molecule has 0 aromatic rings. The lowest BCUT2D eigenvalue weighted by Gasteiger charge is -2.15. The fraction of sp³-hybridized carbons (Fsp3) is 0.662. The molecule has 0 saturated heterocycles. The number of hydrogen-bond donors (Lipinski definition) is 1. The molecule has 0 amide bonds. The van der Waals surface area contributed by atoms with Crippen LogP contribution in [0.2, 0.25) is 0 Å². The molecule has 1 N–H and O–H groups in total. The molecule has 70 heavy (non-hydrogen) atoms. The number of esters is 2. The quantitative estimate of drug-likeness (QED) is 0.0374. The van der Waals surface area contributed by atoms with Gasteiger partial charge in [-0.15, -0.1) is 0 Å². The first-order chi connectivity index (χ1) is 34.6. The van der Waals surface area contributed by atoms with E-state index in [9.17, 15) is 14.7 Å². The van der Waals surface area contributed by atoms with Crippen molar-refractivity contribution in [3.8, 4) is 0 Å². The van der Waals surface area contributed by atoms with Crippen LogP contribution in [0.25, 0.3) is 0 Å². The van der Waals surface area contributed by atoms with E-state index in [-0.39, 0.29) is 25.2 Å². The van der Waals surface area contributed by atoms with E-state index in [1.807, 2.05) is 0 Å². The minimum atomic E-state index is -0.783. The summed E-state index contributed by atoms with van der Waals surface area (Å²) in [6, 6.07) is 0. The average Bonchev–Trinajstić information content (AvgIpc) is 3.36. The molecule has 5 nitrogen and oxygen atoms in total. The van der Waals surface area contributed by atoms with Crippen molar-refractivity contribution >= 4 is 11.9 Å². The van der Waals surface area contributed by atoms with Gasteiger partial charge in [-0.2, -0.15) is 0 Å². The molecule has 0 rings (SSSR count). The molecule has 0 aromatic carbocycles. The Hall–Kier alpha value is -3.70. The van der Waals surface area contributed by atoms with Crippen molar-refractivity contribution in [1.29, 1.82) is 0 Å². The largest absolute Gasteiger partial charge is 0.462 e. The number of ether oxygens (including phenoxy) is 2. The van der Waals surface area contributed by atoms with Crippen LogP contribution in [0.1, 0.15) is 258 Å². The zero-order valence-corrected chi connectivity index (χ0v) is 45.5. The van der Waals surface area contributed by atoms with E-state index < -0.39 is 6.10 Å². The minimum Gasteiger partial charge on any atom is -0.462 e. The van der Waals surface area contributed by atoms with Crippen molar-refractivity contribution in [3.63, 3.8) is 0 Å². The van der Waals surface area contributed by atoms with Crippen LogP contribution in [0.15, 0.2) is 122 Å². The maximum Gasteiger partial charge on any atom is 0.306 e. The van der Waals surface area contributed by atoms with Crippen molar-refractivity contribution < 1.29 is 24.2 Å². The van der Waals surface area contributed by atoms with Gasteiger partial charge in [-0.05, 0) is 103 Å². The summed E-state index contributed by atoms with van der Waals surface area (Å²) in [5.41, 5.74) is 0. The summed E-state index contributed by atoms with van der Waals surface area (Å²) >= 11 is 0. The van der Waals surface area contributed by atoms with E-state index in [0.29, 0.717) is 12.8 Å². The molecule has 0 fully saturated rings. The predicted molar refractivity (Wildman–Crippen MR) is 306 cm³/mol. The number of rotatable bonds is 52. The topological polar surface area (TPSA) is 72.8 Å². The van der Waals surface area contributed by atoms with Crippen LogP contribution in [0, 0.1) is 0 Å². The van der Waals surface area contributed by atoms with E-state index in [1.54, 1.807) is 0 Å². The van der Waals surface area contributed by atoms with Gasteiger partial charge in [0.25, 0.3) is 0 Å². The second kappa shape index (κ2) is 59.6. The summed E-state index contributed by atoms with van der Waals surface area (Å²) in [6.07, 6.45) is 87.5. The molecule has 1 unspecified atom stereocenters. The van der Waals surface area contributed by atoms with Crippen molar-refractivity contribution in [3.05, 3.63) is 122 Å². The number of hydrogen-bond acceptors (Lipinski definition) is 5. The SMILES string of the molecule is CC/C=C\C/C=C\C/C=C\C/C=C\C/C=C\C/C=C\CCCCCCCCCCCCCCCCCCC(=O)OC(CO)COC(=O)CCCCCCCCCC/C=C\C/C=C\C/C=C\C/C=C\CC. The summed E-state index contributed by atoms with van der Waals surface area (Å²) in [4.78, 5) is 24.5. The zero-order chi connectivity index (χ0) is 50.6. The summed E-state index contributed by atoms with van der Waals surface area (Å²) in [5, 5.41) is 9.66. The van der Waals surface area contributed by atoms with Crippen molar-refractivity contribution in [1.82, 2.24) is 0 Å². The van der Waals surface area contributed by atoms with E-state index in [1.165, 1.54) is 122 Å². The molecule has 0 aliphatic heterocycles. The highest BCUT2D eigenvalue weighted by Gasteiger charge is 2.16. The molecular weight excluding hydrogens is 861 g/mol. The molecule has 0 aliphatic rings. The Morgan fingerprint density at radius 1 is 0.329 bits per heavy atom. The Morgan fingerprint density at radius 2 is 0.571 bits per heavy atom. The first-order valence-electron chi connectivity index (χ1n) is 29.1. The van der Waals surface area contributed by atoms with Crippen LogP contribution in [-0.2, 0) is 19.1 Å². The fourth-order valence-corrected chi connectivity index (χ4v) is 7.96. The molecule has 5 heteroatoms. The van der Waals surface area contributed by atoms with Crippen LogP contribution in [-0.4, -0.2) is 36.4 Å². The summed E-state index contributed by atoms with van der Waals surface area (Å²) in [7, 11) is 0. The van der Waals surface area contributed by atoms with Crippen LogP contribution < -0.4 is 0 Å². The predicted octanol–water partition coefficient (Wildman–Crippen LogP) is 19.9. The first-order valence-corrected chi connectivity index (χ1v) is 29.1. The Kier molecular flexibility index (Phi) is 56.5. The van der Waals surface area contributed by atoms with E-state index in [0.717, 1.165) is 109 Å². The number of allylic oxidation sites excluding steroid dienone is 20. The second-order valence-corrected chi connectivity index (χ2v) is 19.0. The monoisotopic (exact) mass is 969 g/mol. The van der Waals surface area contributed by atoms with Crippen LogP contribution in [0.3, 0.4) is 0 Å². The molecule has 0 radical (unpaired) electrons. The molecule has 0 aromatic heterocycles. The van der Waals surface area contributed by atoms with E-state index >= 15 is 0 Å². The van der Waals surface area contributed by atoms with Gasteiger partial charge in [0.15, 0.2) is 6.10 Å². The molecule has 1 atom stereocenters. The Labute approximate surface area is 433 Å². The van der Waals surface area contributed by atoms with Crippen molar-refractivity contribution in [2.24, 2.45) is 0 Å². The second-order valence-electron chi connectivity index (χ2n) is 19.0. The molecule has 398 valence electrons. The summed E-state index contributed by atoms with van der Waals surface area (Å²) in [6.45, 7) is 3.92. The maximum absolute atomic E-state index is 12.3. The van der Waals surface area contributed by atoms with Crippen LogP contribution in [0.5, 0.6) is 0 Å². The number of aliphatic hydroxyl groups excluding tert-OH is 1. The normalized spacial score (nSPS) is 13.1. The third-order valence-electron chi connectivity index (χ3n) is 12.3. The minimum absolute atomic E-state index is 0.0746. The van der Waals surface area contributed by atoms with E-state index in [4.69, 9.17) is 9.47 Å². The van der Waals surface area contributed by atoms with Crippen molar-refractivity contribution in [2.75, 3.05) is 13.2 Å². The lowest BCUT2D eigenvalue weighted by atomic mass is 10.0. The van der Waals surface area contributed by atoms with Gasteiger partial charge in [0.2, 0.25) is 0 Å². The standard InChI is InChI=1S/C65H108O5/c1-3-5-7-9-11-13-15-17-19-21-23-25-26-27-28-29-30-31-32-33-34-35-36-37-38-40-42-44-46-48-50-52-54-56-58-60-65(68)70-63(61-66)62-69-64(67)59-57-55-53-51-49-47-45-43-41-39-24-22-20-18-16-14-12-10-8-6-4-2/h5-8,11-14,17-20,23-25,27-28,30-31,39,63,66H,3-4,9-10,15-16,21-22,26,29,32-38,40-62H2,1-2H3/b7-5-,8-6-,13-11-,14-12-,19-17-,20-18-,25-23-,28-27-,31-30-,39-24-.